The number of carboxylic acids is 1. The topological polar surface area (TPSA) is 104 Å². The lowest BCUT2D eigenvalue weighted by Gasteiger charge is -2.31. The van der Waals surface area contributed by atoms with Crippen molar-refractivity contribution in [2.45, 2.75) is 31.7 Å². The van der Waals surface area contributed by atoms with E-state index < -0.39 is 10.9 Å². The van der Waals surface area contributed by atoms with Crippen molar-refractivity contribution in [2.24, 2.45) is 0 Å². The van der Waals surface area contributed by atoms with Gasteiger partial charge >= 0.3 is 5.97 Å². The summed E-state index contributed by atoms with van der Waals surface area (Å²) in [5.41, 5.74) is 0.203. The van der Waals surface area contributed by atoms with Crippen molar-refractivity contribution >= 4 is 17.3 Å². The fourth-order valence-electron chi connectivity index (χ4n) is 2.74. The molecule has 2 N–H and O–H groups in total. The quantitative estimate of drug-likeness (QED) is 0.650. The van der Waals surface area contributed by atoms with Crippen molar-refractivity contribution in [3.63, 3.8) is 0 Å². The molecule has 0 saturated carbocycles. The van der Waals surface area contributed by atoms with Crippen molar-refractivity contribution in [3.8, 4) is 0 Å². The molecule has 0 aliphatic carbocycles. The average Bonchev–Trinajstić information content (AvgIpc) is 2.71. The number of rotatable bonds is 4. The summed E-state index contributed by atoms with van der Waals surface area (Å²) in [6.45, 7) is 0.494. The van der Waals surface area contributed by atoms with Crippen LogP contribution in [0.4, 0.5) is 11.4 Å². The third-order valence-electron chi connectivity index (χ3n) is 3.82. The first-order valence-corrected chi connectivity index (χ1v) is 6.94. The Balaban J connectivity index is 2.49. The number of aliphatic hydroxyl groups excluding tert-OH is 1. The Hall–Kier alpha value is -2.15. The Bertz CT molecular complexity index is 546. The van der Waals surface area contributed by atoms with Crippen LogP contribution < -0.4 is 4.90 Å². The molecule has 1 atom stereocenters. The molecule has 1 aliphatic rings. The maximum Gasteiger partial charge on any atom is 0.337 e. The van der Waals surface area contributed by atoms with Crippen LogP contribution in [-0.2, 0) is 0 Å². The molecule has 1 aromatic rings. The van der Waals surface area contributed by atoms with Gasteiger partial charge in [0, 0.05) is 18.7 Å². The number of benzene rings is 1. The van der Waals surface area contributed by atoms with Crippen LogP contribution in [0.5, 0.6) is 0 Å². The number of carbonyl (C=O) groups is 1. The van der Waals surface area contributed by atoms with Gasteiger partial charge < -0.3 is 15.1 Å². The minimum atomic E-state index is -1.12. The van der Waals surface area contributed by atoms with Gasteiger partial charge in [0.15, 0.2) is 0 Å². The summed E-state index contributed by atoms with van der Waals surface area (Å²) in [5, 5.41) is 29.8. The van der Waals surface area contributed by atoms with E-state index in [0.29, 0.717) is 12.2 Å². The molecule has 7 heteroatoms. The van der Waals surface area contributed by atoms with Crippen LogP contribution >= 0.6 is 0 Å². The van der Waals surface area contributed by atoms with Crippen LogP contribution in [0.15, 0.2) is 18.2 Å². The normalized spacial score (nSPS) is 19.1. The number of nitro benzene ring substituents is 1. The van der Waals surface area contributed by atoms with Crippen molar-refractivity contribution in [1.29, 1.82) is 0 Å². The molecule has 0 bridgehead atoms. The number of non-ortho nitro benzene ring substituents is 1. The van der Waals surface area contributed by atoms with E-state index in [1.54, 1.807) is 4.90 Å². The highest BCUT2D eigenvalue weighted by atomic mass is 16.6. The van der Waals surface area contributed by atoms with Gasteiger partial charge in [-0.25, -0.2) is 4.79 Å². The lowest BCUT2D eigenvalue weighted by molar-refractivity contribution is -0.384. The molecule has 7 nitrogen and oxygen atoms in total. The number of carboxylic acid groups (broad SMARTS) is 1. The molecule has 1 aliphatic heterocycles. The molecule has 2 rings (SSSR count). The molecule has 0 radical (unpaired) electrons. The molecule has 0 amide bonds. The number of anilines is 1. The fraction of sp³-hybridized carbons (Fsp3) is 0.500. The molecular weight excluding hydrogens is 276 g/mol. The van der Waals surface area contributed by atoms with Gasteiger partial charge in [-0.3, -0.25) is 10.1 Å². The van der Waals surface area contributed by atoms with Crippen molar-refractivity contribution in [3.05, 3.63) is 33.9 Å². The highest BCUT2D eigenvalue weighted by Crippen LogP contribution is 2.30. The standard InChI is InChI=1S/C14H18N2O5/c17-9-11-4-2-1-3-7-15(11)13-8-10(16(20)21)5-6-12(13)14(18)19/h5-6,8,11,17H,1-4,7,9H2,(H,18,19). The number of nitrogens with zero attached hydrogens (tertiary/aromatic N) is 2. The highest BCUT2D eigenvalue weighted by Gasteiger charge is 2.26. The lowest BCUT2D eigenvalue weighted by atomic mass is 10.1. The van der Waals surface area contributed by atoms with Gasteiger partial charge in [0.2, 0.25) is 0 Å². The summed E-state index contributed by atoms with van der Waals surface area (Å²) in [7, 11) is 0. The first kappa shape index (κ1) is 15.2. The number of hydrogen-bond donors (Lipinski definition) is 2. The van der Waals surface area contributed by atoms with E-state index in [0.717, 1.165) is 25.7 Å². The second-order valence-corrected chi connectivity index (χ2v) is 5.14. The SMILES string of the molecule is O=C(O)c1ccc([N+](=O)[O-])cc1N1CCCCCC1CO. The van der Waals surface area contributed by atoms with Gasteiger partial charge in [-0.05, 0) is 18.9 Å². The monoisotopic (exact) mass is 294 g/mol. The van der Waals surface area contributed by atoms with Crippen LogP contribution in [0.25, 0.3) is 0 Å². The largest absolute Gasteiger partial charge is 0.478 e. The molecule has 1 aromatic carbocycles. The molecule has 114 valence electrons. The zero-order valence-corrected chi connectivity index (χ0v) is 11.6. The predicted molar refractivity (Wildman–Crippen MR) is 76.7 cm³/mol. The van der Waals surface area contributed by atoms with Crippen LogP contribution in [-0.4, -0.2) is 40.3 Å². The third-order valence-corrected chi connectivity index (χ3v) is 3.82. The lowest BCUT2D eigenvalue weighted by Crippen LogP contribution is -2.38. The second-order valence-electron chi connectivity index (χ2n) is 5.14. The molecule has 1 fully saturated rings. The van der Waals surface area contributed by atoms with Gasteiger partial charge in [-0.1, -0.05) is 12.8 Å². The minimum Gasteiger partial charge on any atom is -0.478 e. The van der Waals surface area contributed by atoms with Crippen molar-refractivity contribution in [2.75, 3.05) is 18.1 Å². The van der Waals surface area contributed by atoms with E-state index in [-0.39, 0.29) is 23.9 Å². The van der Waals surface area contributed by atoms with Gasteiger partial charge in [0.1, 0.15) is 0 Å². The summed E-state index contributed by atoms with van der Waals surface area (Å²) >= 11 is 0. The van der Waals surface area contributed by atoms with Crippen LogP contribution in [0, 0.1) is 10.1 Å². The Labute approximate surface area is 122 Å². The minimum absolute atomic E-state index is 0.0287. The smallest absolute Gasteiger partial charge is 0.337 e. The van der Waals surface area contributed by atoms with Gasteiger partial charge in [-0.15, -0.1) is 0 Å². The highest BCUT2D eigenvalue weighted by molar-refractivity contribution is 5.95. The molecule has 21 heavy (non-hydrogen) atoms. The zero-order chi connectivity index (χ0) is 15.4. The number of aliphatic hydroxyl groups is 1. The van der Waals surface area contributed by atoms with E-state index in [1.165, 1.54) is 18.2 Å². The number of aromatic carboxylic acids is 1. The zero-order valence-electron chi connectivity index (χ0n) is 11.6. The summed E-state index contributed by atoms with van der Waals surface area (Å²) in [4.78, 5) is 23.5. The summed E-state index contributed by atoms with van der Waals surface area (Å²) in [6, 6.07) is 3.54. The first-order valence-electron chi connectivity index (χ1n) is 6.94. The molecule has 1 heterocycles. The molecule has 0 aromatic heterocycles. The Kier molecular flexibility index (Phi) is 4.74. The molecule has 0 spiro atoms. The number of nitro groups is 1. The van der Waals surface area contributed by atoms with Crippen LogP contribution in [0.2, 0.25) is 0 Å². The van der Waals surface area contributed by atoms with Crippen LogP contribution in [0.1, 0.15) is 36.0 Å². The molecule has 1 saturated heterocycles. The first-order chi connectivity index (χ1) is 10.0. The van der Waals surface area contributed by atoms with E-state index in [4.69, 9.17) is 0 Å². The Morgan fingerprint density at radius 1 is 1.38 bits per heavy atom. The van der Waals surface area contributed by atoms with E-state index >= 15 is 0 Å². The third kappa shape index (κ3) is 3.30. The Morgan fingerprint density at radius 2 is 2.14 bits per heavy atom. The molecular formula is C14H18N2O5. The van der Waals surface area contributed by atoms with Crippen LogP contribution in [0.3, 0.4) is 0 Å². The van der Waals surface area contributed by atoms with Gasteiger partial charge in [0.05, 0.1) is 28.8 Å². The fourth-order valence-corrected chi connectivity index (χ4v) is 2.74. The van der Waals surface area contributed by atoms with E-state index in [2.05, 4.69) is 0 Å². The average molecular weight is 294 g/mol. The summed E-state index contributed by atoms with van der Waals surface area (Å²) < 4.78 is 0. The van der Waals surface area contributed by atoms with E-state index in [9.17, 15) is 25.1 Å². The maximum atomic E-state index is 11.4. The second kappa shape index (κ2) is 6.53. The molecule has 1 unspecified atom stereocenters. The summed E-state index contributed by atoms with van der Waals surface area (Å²) in [6.07, 6.45) is 3.58. The van der Waals surface area contributed by atoms with Gasteiger partial charge in [-0.2, -0.15) is 0 Å². The predicted octanol–water partition coefficient (Wildman–Crippen LogP) is 2.03. The number of hydrogen-bond acceptors (Lipinski definition) is 5. The van der Waals surface area contributed by atoms with Crippen molar-refractivity contribution < 1.29 is 19.9 Å². The summed E-state index contributed by atoms with van der Waals surface area (Å²) in [5.74, 6) is -1.12. The van der Waals surface area contributed by atoms with Crippen molar-refractivity contribution in [1.82, 2.24) is 0 Å². The van der Waals surface area contributed by atoms with Gasteiger partial charge in [0.25, 0.3) is 5.69 Å². The Morgan fingerprint density at radius 3 is 2.76 bits per heavy atom. The van der Waals surface area contributed by atoms with E-state index in [1.807, 2.05) is 0 Å². The maximum absolute atomic E-state index is 11.4.